The number of piperazine rings is 1. The van der Waals surface area contributed by atoms with Crippen LogP contribution in [-0.2, 0) is 0 Å². The number of hydrogen-bond acceptors (Lipinski definition) is 4. The van der Waals surface area contributed by atoms with Crippen molar-refractivity contribution in [2.75, 3.05) is 32.7 Å². The summed E-state index contributed by atoms with van der Waals surface area (Å²) in [7, 11) is 0. The summed E-state index contributed by atoms with van der Waals surface area (Å²) in [4.78, 5) is 28.6. The quantitative estimate of drug-likeness (QED) is 0.841. The zero-order valence-corrected chi connectivity index (χ0v) is 12.0. The number of hydrogen-bond donors (Lipinski definition) is 0. The van der Waals surface area contributed by atoms with Crippen molar-refractivity contribution in [1.82, 2.24) is 9.80 Å². The van der Waals surface area contributed by atoms with Gasteiger partial charge in [-0.25, -0.2) is 0 Å². The molecule has 1 saturated heterocycles. The summed E-state index contributed by atoms with van der Waals surface area (Å²) >= 11 is 0. The van der Waals surface area contributed by atoms with E-state index in [1.165, 1.54) is 6.07 Å². The minimum Gasteiger partial charge on any atom is -0.451 e. The van der Waals surface area contributed by atoms with Crippen LogP contribution in [0.15, 0.2) is 39.5 Å². The number of carbonyl (C=O) groups excluding carboxylic acids is 1. The van der Waals surface area contributed by atoms with Gasteiger partial charge < -0.3 is 14.2 Å². The van der Waals surface area contributed by atoms with Gasteiger partial charge in [-0.3, -0.25) is 9.59 Å². The molecule has 5 nitrogen and oxygen atoms in total. The predicted molar refractivity (Wildman–Crippen MR) is 80.5 cm³/mol. The molecule has 0 unspecified atom stereocenters. The molecule has 110 valence electrons. The van der Waals surface area contributed by atoms with Gasteiger partial charge in [0.05, 0.1) is 5.39 Å². The lowest BCUT2D eigenvalue weighted by Crippen LogP contribution is -2.48. The standard InChI is InChI=1S/C16H18N2O3/c1-2-17-7-9-18(10-8-17)16(20)15-11-13(19)12-5-3-4-6-14(12)21-15/h3-6,11H,2,7-10H2,1H3. The fourth-order valence-electron chi connectivity index (χ4n) is 2.63. The van der Waals surface area contributed by atoms with Crippen molar-refractivity contribution < 1.29 is 9.21 Å². The Labute approximate surface area is 122 Å². The maximum absolute atomic E-state index is 12.5. The van der Waals surface area contributed by atoms with Gasteiger partial charge in [0.1, 0.15) is 5.58 Å². The van der Waals surface area contributed by atoms with Gasteiger partial charge in [0.25, 0.3) is 5.91 Å². The first kappa shape index (κ1) is 13.8. The highest BCUT2D eigenvalue weighted by atomic mass is 16.3. The fourth-order valence-corrected chi connectivity index (χ4v) is 2.63. The molecule has 0 N–H and O–H groups in total. The smallest absolute Gasteiger partial charge is 0.289 e. The van der Waals surface area contributed by atoms with E-state index in [1.54, 1.807) is 29.2 Å². The van der Waals surface area contributed by atoms with E-state index in [-0.39, 0.29) is 17.1 Å². The number of fused-ring (bicyclic) bond motifs is 1. The van der Waals surface area contributed by atoms with Crippen molar-refractivity contribution in [3.05, 3.63) is 46.3 Å². The van der Waals surface area contributed by atoms with Gasteiger partial charge in [-0.1, -0.05) is 19.1 Å². The Hall–Kier alpha value is -2.14. The van der Waals surface area contributed by atoms with Crippen molar-refractivity contribution in [1.29, 1.82) is 0 Å². The third kappa shape index (κ3) is 2.69. The van der Waals surface area contributed by atoms with E-state index in [1.807, 2.05) is 0 Å². The molecule has 0 atom stereocenters. The van der Waals surface area contributed by atoms with Gasteiger partial charge in [0.15, 0.2) is 11.2 Å². The van der Waals surface area contributed by atoms with Crippen LogP contribution >= 0.6 is 0 Å². The Morgan fingerprint density at radius 2 is 1.90 bits per heavy atom. The highest BCUT2D eigenvalue weighted by Gasteiger charge is 2.23. The molecule has 2 heterocycles. The summed E-state index contributed by atoms with van der Waals surface area (Å²) in [5, 5.41) is 0.504. The average Bonchev–Trinajstić information content (AvgIpc) is 2.54. The number of benzene rings is 1. The van der Waals surface area contributed by atoms with Gasteiger partial charge in [0.2, 0.25) is 0 Å². The van der Waals surface area contributed by atoms with E-state index in [9.17, 15) is 9.59 Å². The first-order valence-electron chi connectivity index (χ1n) is 7.23. The molecule has 1 fully saturated rings. The van der Waals surface area contributed by atoms with Crippen LogP contribution in [0.2, 0.25) is 0 Å². The van der Waals surface area contributed by atoms with E-state index in [2.05, 4.69) is 11.8 Å². The predicted octanol–water partition coefficient (Wildman–Crippen LogP) is 1.57. The molecule has 0 bridgehead atoms. The summed E-state index contributed by atoms with van der Waals surface area (Å²) in [6.45, 7) is 6.17. The van der Waals surface area contributed by atoms with Gasteiger partial charge in [0, 0.05) is 32.2 Å². The Morgan fingerprint density at radius 1 is 1.19 bits per heavy atom. The largest absolute Gasteiger partial charge is 0.451 e. The van der Waals surface area contributed by atoms with Crippen molar-refractivity contribution in [2.24, 2.45) is 0 Å². The van der Waals surface area contributed by atoms with Crippen LogP contribution in [0.3, 0.4) is 0 Å². The highest BCUT2D eigenvalue weighted by Crippen LogP contribution is 2.14. The SMILES string of the molecule is CCN1CCN(C(=O)c2cc(=O)c3ccccc3o2)CC1. The molecule has 0 saturated carbocycles. The molecule has 1 aromatic carbocycles. The van der Waals surface area contributed by atoms with E-state index in [0.29, 0.717) is 24.1 Å². The van der Waals surface area contributed by atoms with Crippen molar-refractivity contribution in [3.63, 3.8) is 0 Å². The second kappa shape index (κ2) is 5.69. The molecular formula is C16H18N2O3. The molecule has 2 aromatic rings. The molecule has 1 aliphatic rings. The lowest BCUT2D eigenvalue weighted by Gasteiger charge is -2.33. The highest BCUT2D eigenvalue weighted by molar-refractivity contribution is 5.93. The van der Waals surface area contributed by atoms with E-state index in [4.69, 9.17) is 4.42 Å². The van der Waals surface area contributed by atoms with Crippen LogP contribution in [0.5, 0.6) is 0 Å². The van der Waals surface area contributed by atoms with Crippen LogP contribution < -0.4 is 5.43 Å². The molecule has 1 aliphatic heterocycles. The first-order chi connectivity index (χ1) is 10.2. The summed E-state index contributed by atoms with van der Waals surface area (Å²) < 4.78 is 5.61. The molecule has 3 rings (SSSR count). The van der Waals surface area contributed by atoms with E-state index in [0.717, 1.165) is 19.6 Å². The van der Waals surface area contributed by atoms with Crippen LogP contribution in [0.1, 0.15) is 17.5 Å². The Kier molecular flexibility index (Phi) is 3.75. The van der Waals surface area contributed by atoms with E-state index < -0.39 is 0 Å². The first-order valence-corrected chi connectivity index (χ1v) is 7.23. The fraction of sp³-hybridized carbons (Fsp3) is 0.375. The van der Waals surface area contributed by atoms with Gasteiger partial charge in [-0.2, -0.15) is 0 Å². The maximum atomic E-state index is 12.5. The summed E-state index contributed by atoms with van der Waals surface area (Å²) in [5.74, 6) is -0.0720. The number of amides is 1. The zero-order valence-electron chi connectivity index (χ0n) is 12.0. The van der Waals surface area contributed by atoms with Crippen LogP contribution in [-0.4, -0.2) is 48.4 Å². The normalized spacial score (nSPS) is 16.3. The average molecular weight is 286 g/mol. The van der Waals surface area contributed by atoms with Crippen molar-refractivity contribution in [3.8, 4) is 0 Å². The molecule has 0 aliphatic carbocycles. The number of carbonyl (C=O) groups is 1. The molecule has 21 heavy (non-hydrogen) atoms. The summed E-state index contributed by atoms with van der Waals surface area (Å²) in [5.41, 5.74) is 0.285. The second-order valence-electron chi connectivity index (χ2n) is 5.20. The molecule has 1 aromatic heterocycles. The monoisotopic (exact) mass is 286 g/mol. The van der Waals surface area contributed by atoms with Crippen LogP contribution in [0.4, 0.5) is 0 Å². The zero-order chi connectivity index (χ0) is 14.8. The third-order valence-corrected chi connectivity index (χ3v) is 3.95. The van der Waals surface area contributed by atoms with Gasteiger partial charge >= 0.3 is 0 Å². The maximum Gasteiger partial charge on any atom is 0.289 e. The lowest BCUT2D eigenvalue weighted by atomic mass is 10.2. The Bertz CT molecular complexity index is 715. The molecule has 0 radical (unpaired) electrons. The minimum absolute atomic E-state index is 0.128. The number of para-hydroxylation sites is 1. The number of nitrogens with zero attached hydrogens (tertiary/aromatic N) is 2. The van der Waals surface area contributed by atoms with Crippen LogP contribution in [0.25, 0.3) is 11.0 Å². The Balaban J connectivity index is 1.87. The minimum atomic E-state index is -0.200. The molecule has 5 heteroatoms. The van der Waals surface area contributed by atoms with Gasteiger partial charge in [-0.15, -0.1) is 0 Å². The lowest BCUT2D eigenvalue weighted by molar-refractivity contribution is 0.0613. The topological polar surface area (TPSA) is 53.8 Å². The van der Waals surface area contributed by atoms with Crippen LogP contribution in [0, 0.1) is 0 Å². The number of likely N-dealkylation sites (N-methyl/N-ethyl adjacent to an activating group) is 1. The second-order valence-corrected chi connectivity index (χ2v) is 5.20. The van der Waals surface area contributed by atoms with Gasteiger partial charge in [-0.05, 0) is 18.7 Å². The van der Waals surface area contributed by atoms with Crippen molar-refractivity contribution in [2.45, 2.75) is 6.92 Å². The third-order valence-electron chi connectivity index (χ3n) is 3.95. The Morgan fingerprint density at radius 3 is 2.62 bits per heavy atom. The number of rotatable bonds is 2. The van der Waals surface area contributed by atoms with E-state index >= 15 is 0 Å². The summed E-state index contributed by atoms with van der Waals surface area (Å²) in [6.07, 6.45) is 0. The molecule has 1 amide bonds. The molecular weight excluding hydrogens is 268 g/mol. The van der Waals surface area contributed by atoms with Crippen molar-refractivity contribution >= 4 is 16.9 Å². The molecule has 0 spiro atoms. The summed E-state index contributed by atoms with van der Waals surface area (Å²) in [6, 6.07) is 8.29.